The van der Waals surface area contributed by atoms with Crippen LogP contribution in [0.25, 0.3) is 32.7 Å². The molecule has 0 N–H and O–H groups in total. The Bertz CT molecular complexity index is 2380. The van der Waals surface area contributed by atoms with Crippen LogP contribution in [-0.2, 0) is 15.1 Å². The van der Waals surface area contributed by atoms with Crippen molar-refractivity contribution in [3.63, 3.8) is 0 Å². The van der Waals surface area contributed by atoms with Crippen molar-refractivity contribution in [3.8, 4) is 11.1 Å². The van der Waals surface area contributed by atoms with Crippen molar-refractivity contribution in [1.29, 1.82) is 0 Å². The zero-order valence-electron chi connectivity index (χ0n) is 33.9. The SMILES string of the molecule is Cc1cc(C)cc(P(c2cc(C)cc(C)c2)c2ccc3ccccc3c2-c2c(P(c3cc(C)cc(C)c3)c3cc(C)cc(C)c3)ccc3ccccc23)c1.[Cl][Ru][Cl]. The topological polar surface area (TPSA) is 0 Å². The number of aryl methyl sites for hydroxylation is 8. The van der Waals surface area contributed by atoms with Crippen molar-refractivity contribution in [2.24, 2.45) is 0 Å². The Morgan fingerprint density at radius 1 is 0.333 bits per heavy atom. The first-order chi connectivity index (χ1) is 27.4. The molecule has 0 bridgehead atoms. The molecule has 8 aromatic rings. The Hall–Kier alpha value is -3.66. The fourth-order valence-electron chi connectivity index (χ4n) is 8.59. The molecule has 57 heavy (non-hydrogen) atoms. The van der Waals surface area contributed by atoms with Gasteiger partial charge < -0.3 is 0 Å². The number of halogens is 2. The molecule has 0 amide bonds. The van der Waals surface area contributed by atoms with Gasteiger partial charge in [-0.15, -0.1) is 0 Å². The maximum absolute atomic E-state index is 4.85. The van der Waals surface area contributed by atoms with Crippen molar-refractivity contribution in [3.05, 3.63) is 190 Å². The molecular formula is C52H48Cl2P2Ru. The Morgan fingerprint density at radius 3 is 0.842 bits per heavy atom. The molecule has 5 heteroatoms. The molecule has 0 spiro atoms. The van der Waals surface area contributed by atoms with Crippen LogP contribution in [0.3, 0.4) is 0 Å². The number of fused-ring (bicyclic) bond motifs is 2. The third-order valence-corrected chi connectivity index (χ3v) is 15.2. The molecule has 0 unspecified atom stereocenters. The predicted octanol–water partition coefficient (Wildman–Crippen LogP) is 13.0. The van der Waals surface area contributed by atoms with Gasteiger partial charge in [-0.05, 0) is 136 Å². The maximum atomic E-state index is 4.85. The van der Waals surface area contributed by atoms with Crippen LogP contribution in [0.2, 0.25) is 0 Å². The van der Waals surface area contributed by atoms with Crippen LogP contribution in [0.4, 0.5) is 0 Å². The first-order valence-corrected chi connectivity index (χ1v) is 26.4. The number of hydrogen-bond acceptors (Lipinski definition) is 0. The summed E-state index contributed by atoms with van der Waals surface area (Å²) < 4.78 is 0. The molecule has 0 nitrogen and oxygen atoms in total. The molecule has 0 saturated carbocycles. The van der Waals surface area contributed by atoms with Gasteiger partial charge in [0.05, 0.1) is 0 Å². The fraction of sp³-hybridized carbons (Fsp3) is 0.154. The molecule has 0 aromatic heterocycles. The van der Waals surface area contributed by atoms with Gasteiger partial charge in [0, 0.05) is 0 Å². The molecule has 0 fully saturated rings. The van der Waals surface area contributed by atoms with E-state index in [1.165, 1.54) is 109 Å². The van der Waals surface area contributed by atoms with Crippen LogP contribution in [0, 0.1) is 55.4 Å². The summed E-state index contributed by atoms with van der Waals surface area (Å²) >= 11 is -0.346. The van der Waals surface area contributed by atoms with E-state index in [0.717, 1.165) is 0 Å². The van der Waals surface area contributed by atoms with E-state index in [-0.39, 0.29) is 15.1 Å². The van der Waals surface area contributed by atoms with Gasteiger partial charge in [-0.1, -0.05) is 190 Å². The molecule has 0 atom stereocenters. The van der Waals surface area contributed by atoms with Crippen molar-refractivity contribution in [2.45, 2.75) is 55.4 Å². The van der Waals surface area contributed by atoms with Gasteiger partial charge >= 0.3 is 34.5 Å². The summed E-state index contributed by atoms with van der Waals surface area (Å²) in [4.78, 5) is 0. The van der Waals surface area contributed by atoms with Crippen LogP contribution in [0.5, 0.6) is 0 Å². The summed E-state index contributed by atoms with van der Waals surface area (Å²) in [5.41, 5.74) is 13.2. The molecule has 0 radical (unpaired) electrons. The number of benzene rings is 8. The summed E-state index contributed by atoms with van der Waals surface area (Å²) in [7, 11) is 7.83. The first-order valence-electron chi connectivity index (χ1n) is 19.3. The molecule has 288 valence electrons. The van der Waals surface area contributed by atoms with Crippen molar-refractivity contribution >= 4 is 88.6 Å². The normalized spacial score (nSPS) is 11.4. The zero-order valence-corrected chi connectivity index (χ0v) is 38.9. The summed E-state index contributed by atoms with van der Waals surface area (Å²) in [5.74, 6) is 0. The van der Waals surface area contributed by atoms with E-state index in [4.69, 9.17) is 19.4 Å². The molecule has 8 rings (SSSR count). The van der Waals surface area contributed by atoms with Gasteiger partial charge in [0.2, 0.25) is 0 Å². The molecule has 8 aromatic carbocycles. The minimum absolute atomic E-state index is 0.346. The molecular weight excluding hydrogens is 858 g/mol. The van der Waals surface area contributed by atoms with E-state index < -0.39 is 15.8 Å². The Morgan fingerprint density at radius 2 is 0.579 bits per heavy atom. The van der Waals surface area contributed by atoms with E-state index >= 15 is 0 Å². The summed E-state index contributed by atoms with van der Waals surface area (Å²) in [6.45, 7) is 18.0. The van der Waals surface area contributed by atoms with Gasteiger partial charge in [0.25, 0.3) is 0 Å². The second kappa shape index (κ2) is 18.1. The van der Waals surface area contributed by atoms with E-state index in [1.807, 2.05) is 0 Å². The number of hydrogen-bond donors (Lipinski definition) is 0. The van der Waals surface area contributed by atoms with Gasteiger partial charge in [-0.2, -0.15) is 0 Å². The third kappa shape index (κ3) is 9.16. The average molecular weight is 907 g/mol. The summed E-state index contributed by atoms with van der Waals surface area (Å²) in [5, 5.41) is 13.6. The minimum atomic E-state index is -0.937. The van der Waals surface area contributed by atoms with E-state index in [2.05, 4.69) is 201 Å². The quantitative estimate of drug-likeness (QED) is 0.110. The Balaban J connectivity index is 0.00000160. The van der Waals surface area contributed by atoms with Crippen LogP contribution >= 0.6 is 35.2 Å². The first kappa shape index (κ1) is 41.5. The van der Waals surface area contributed by atoms with Crippen LogP contribution in [0.1, 0.15) is 44.5 Å². The van der Waals surface area contributed by atoms with Gasteiger partial charge in [0.1, 0.15) is 0 Å². The van der Waals surface area contributed by atoms with E-state index in [1.54, 1.807) is 0 Å². The summed E-state index contributed by atoms with van der Waals surface area (Å²) in [6, 6.07) is 56.6. The Kier molecular flexibility index (Phi) is 13.2. The Labute approximate surface area is 357 Å². The molecule has 0 aliphatic carbocycles. The second-order valence-corrected chi connectivity index (χ2v) is 22.5. The predicted molar refractivity (Wildman–Crippen MR) is 254 cm³/mol. The third-order valence-electron chi connectivity index (χ3n) is 10.4. The number of rotatable bonds is 7. The van der Waals surface area contributed by atoms with Gasteiger partial charge in [-0.3, -0.25) is 0 Å². The van der Waals surface area contributed by atoms with Crippen LogP contribution < -0.4 is 31.8 Å². The fourth-order valence-corrected chi connectivity index (χ4v) is 14.3. The van der Waals surface area contributed by atoms with Gasteiger partial charge in [-0.25, -0.2) is 0 Å². The molecule has 0 aliphatic rings. The van der Waals surface area contributed by atoms with Crippen LogP contribution in [-0.4, -0.2) is 0 Å². The van der Waals surface area contributed by atoms with Crippen LogP contribution in [0.15, 0.2) is 146 Å². The molecule has 0 saturated heterocycles. The van der Waals surface area contributed by atoms with Crippen molar-refractivity contribution in [2.75, 3.05) is 0 Å². The second-order valence-electron chi connectivity index (χ2n) is 15.5. The average Bonchev–Trinajstić information content (AvgIpc) is 3.14. The zero-order chi connectivity index (χ0) is 40.4. The monoisotopic (exact) mass is 906 g/mol. The molecule has 0 heterocycles. The standard InChI is InChI=1S/C52H48P2.2ClH.Ru/c1-33-21-34(2)26-43(25-33)53(44-27-35(3)22-36(4)28-44)49-19-17-41-13-9-11-15-47(41)51(49)52-48-16-12-10-14-42(48)18-20-50(52)54(45-29-37(5)23-38(6)30-45)46-31-39(7)24-40(8)32-46;;;/h9-32H,1-8H3;2*1H;/q;;;+2/p-2. The van der Waals surface area contributed by atoms with E-state index in [0.29, 0.717) is 0 Å². The summed E-state index contributed by atoms with van der Waals surface area (Å²) in [6.07, 6.45) is 0. The van der Waals surface area contributed by atoms with Crippen molar-refractivity contribution < 1.29 is 15.1 Å². The van der Waals surface area contributed by atoms with E-state index in [9.17, 15) is 0 Å². The van der Waals surface area contributed by atoms with Crippen molar-refractivity contribution in [1.82, 2.24) is 0 Å². The molecule has 0 aliphatic heterocycles. The van der Waals surface area contributed by atoms with Gasteiger partial charge in [0.15, 0.2) is 0 Å².